The van der Waals surface area contributed by atoms with Gasteiger partial charge in [-0.2, -0.15) is 0 Å². The molecule has 0 amide bonds. The van der Waals surface area contributed by atoms with Gasteiger partial charge in [0.15, 0.2) is 18.9 Å². The van der Waals surface area contributed by atoms with Crippen LogP contribution in [0.5, 0.6) is 0 Å². The Labute approximate surface area is 371 Å². The molecule has 9 N–H and O–H groups in total. The van der Waals surface area contributed by atoms with Crippen molar-refractivity contribution in [2.45, 2.75) is 210 Å². The summed E-state index contributed by atoms with van der Waals surface area (Å²) in [5.74, 6) is 1.71. The van der Waals surface area contributed by atoms with E-state index in [-0.39, 0.29) is 62.6 Å². The molecule has 4 heterocycles. The molecule has 1 spiro atoms. The largest absolute Gasteiger partial charge is 0.491 e. The Morgan fingerprint density at radius 1 is 0.635 bits per heavy atom. The molecule has 2 bridgehead atoms. The molecule has 23 atom stereocenters. The number of hydrogen-bond acceptors (Lipinski definition) is 16. The molecule has 5 saturated carbocycles. The summed E-state index contributed by atoms with van der Waals surface area (Å²) in [6, 6.07) is 0. The smallest absolute Gasteiger partial charge is 0.187 e. The minimum Gasteiger partial charge on any atom is -0.491 e. The van der Waals surface area contributed by atoms with E-state index >= 15 is 0 Å². The molecule has 16 heteroatoms. The van der Waals surface area contributed by atoms with Crippen LogP contribution in [0.25, 0.3) is 0 Å². The summed E-state index contributed by atoms with van der Waals surface area (Å²) >= 11 is 0. The standard InChI is InChI=1S/C47H76O16/c1-22-46-16-15-41(2,3)17-28(46)47(63-22)14-10-27-43(6)12-11-30(42(4,5)26(43)9-13-44(27,7)45(47,8)18-29(46)50)61-38-36(56)33(53)25(21-58-38)60-40-37(34(54)32(52)24(19-48)59-40)62-39-35(55)31(51)23(49)20-57-39/h23-40,48-56H,1,9-21H2,2-8H3/t23-,24-,25+,26+,27-,28-,29-,30+,31+,32-,33+,34+,35-,36-,37-,38+,39+,40+,43+,44-,45+,46-,47+/m1/s1. The Balaban J connectivity index is 0.886. The van der Waals surface area contributed by atoms with Crippen LogP contribution in [-0.2, 0) is 33.2 Å². The van der Waals surface area contributed by atoms with Crippen LogP contribution in [-0.4, -0.2) is 163 Å². The summed E-state index contributed by atoms with van der Waals surface area (Å²) in [6.45, 7) is 19.9. The first-order valence-corrected chi connectivity index (χ1v) is 23.7. The molecule has 5 aliphatic carbocycles. The summed E-state index contributed by atoms with van der Waals surface area (Å²) in [5.41, 5.74) is -1.29. The van der Waals surface area contributed by atoms with Gasteiger partial charge >= 0.3 is 0 Å². The Morgan fingerprint density at radius 3 is 2.02 bits per heavy atom. The van der Waals surface area contributed by atoms with E-state index in [9.17, 15) is 46.0 Å². The van der Waals surface area contributed by atoms with E-state index in [0.29, 0.717) is 18.8 Å². The summed E-state index contributed by atoms with van der Waals surface area (Å²) in [4.78, 5) is 0. The minimum atomic E-state index is -1.74. The molecular weight excluding hydrogens is 821 g/mol. The topological polar surface area (TPSA) is 247 Å². The molecule has 4 saturated heterocycles. The van der Waals surface area contributed by atoms with E-state index in [4.69, 9.17) is 33.2 Å². The Bertz CT molecular complexity index is 1730. The van der Waals surface area contributed by atoms with Gasteiger partial charge in [-0.3, -0.25) is 0 Å². The summed E-state index contributed by atoms with van der Waals surface area (Å²) in [7, 11) is 0. The quantitative estimate of drug-likeness (QED) is 0.165. The third-order valence-electron chi connectivity index (χ3n) is 19.8. The lowest BCUT2D eigenvalue weighted by Gasteiger charge is -2.74. The maximum absolute atomic E-state index is 12.3. The van der Waals surface area contributed by atoms with Gasteiger partial charge in [0.05, 0.1) is 43.2 Å². The van der Waals surface area contributed by atoms with Gasteiger partial charge in [-0.15, -0.1) is 0 Å². The van der Waals surface area contributed by atoms with Crippen LogP contribution >= 0.6 is 0 Å². The predicted molar refractivity (Wildman–Crippen MR) is 222 cm³/mol. The normalized spacial score (nSPS) is 57.2. The van der Waals surface area contributed by atoms with Gasteiger partial charge in [0.25, 0.3) is 0 Å². The molecule has 0 radical (unpaired) electrons. The van der Waals surface area contributed by atoms with Crippen molar-refractivity contribution in [1.82, 2.24) is 0 Å². The van der Waals surface area contributed by atoms with E-state index < -0.39 is 99.2 Å². The van der Waals surface area contributed by atoms with Crippen LogP contribution in [0.1, 0.15) is 113 Å². The first kappa shape index (κ1) is 47.0. The van der Waals surface area contributed by atoms with Crippen molar-refractivity contribution in [2.75, 3.05) is 19.8 Å². The van der Waals surface area contributed by atoms with Crippen LogP contribution in [0.3, 0.4) is 0 Å². The van der Waals surface area contributed by atoms with Crippen molar-refractivity contribution >= 4 is 0 Å². The SMILES string of the molecule is C=C1O[C@]23CC[C@@H]4[C@@]5(C)CC[C@H](O[C@@H]6OC[C@H](O[C@@H]7O[C@H](CO)[C@@H](O)[C@H](O)[C@H]7O[C@@H]7OC[C@@H](O)[C@H](O)[C@H]7O)[C@H](O)[C@H]6O)C(C)(C)[C@@H]5CC[C@@]4(C)[C@]2(C)C[C@@H](O)[C@]12CCC(C)(C)C[C@H]23. The molecular formula is C47H76O16. The molecule has 0 aromatic heterocycles. The van der Waals surface area contributed by atoms with Gasteiger partial charge in [0, 0.05) is 11.3 Å². The molecule has 16 nitrogen and oxygen atoms in total. The highest BCUT2D eigenvalue weighted by Crippen LogP contribution is 2.82. The molecule has 0 unspecified atom stereocenters. The highest BCUT2D eigenvalue weighted by molar-refractivity contribution is 5.34. The van der Waals surface area contributed by atoms with Gasteiger partial charge in [-0.05, 0) is 97.7 Å². The van der Waals surface area contributed by atoms with E-state index in [1.807, 2.05) is 0 Å². The second-order valence-electron chi connectivity index (χ2n) is 23.4. The molecule has 4 aliphatic heterocycles. The number of ether oxygens (including phenoxy) is 7. The van der Waals surface area contributed by atoms with E-state index in [1.165, 1.54) is 0 Å². The summed E-state index contributed by atoms with van der Waals surface area (Å²) in [5, 5.41) is 97.5. The van der Waals surface area contributed by atoms with E-state index in [0.717, 1.165) is 57.1 Å². The molecule has 0 aromatic rings. The highest BCUT2D eigenvalue weighted by atomic mass is 16.8. The highest BCUT2D eigenvalue weighted by Gasteiger charge is 2.81. The first-order chi connectivity index (χ1) is 29.4. The second kappa shape index (κ2) is 15.7. The number of aliphatic hydroxyl groups excluding tert-OH is 9. The lowest BCUT2D eigenvalue weighted by Crippen LogP contribution is -2.74. The maximum atomic E-state index is 12.3. The van der Waals surface area contributed by atoms with Gasteiger partial charge in [-0.1, -0.05) is 55.0 Å². The third-order valence-corrected chi connectivity index (χ3v) is 19.8. The van der Waals surface area contributed by atoms with E-state index in [2.05, 4.69) is 55.0 Å². The first-order valence-electron chi connectivity index (χ1n) is 23.7. The molecule has 0 aromatic carbocycles. The number of fused-ring (bicyclic) bond motifs is 4. The van der Waals surface area contributed by atoms with Crippen molar-refractivity contribution in [1.29, 1.82) is 0 Å². The lowest BCUT2D eigenvalue weighted by molar-refractivity contribution is -0.378. The van der Waals surface area contributed by atoms with Gasteiger partial charge in [0.1, 0.15) is 66.6 Å². The number of rotatable bonds is 7. The van der Waals surface area contributed by atoms with Gasteiger partial charge in [0.2, 0.25) is 0 Å². The van der Waals surface area contributed by atoms with Crippen LogP contribution < -0.4 is 0 Å². The van der Waals surface area contributed by atoms with Crippen LogP contribution in [0, 0.1) is 50.2 Å². The minimum absolute atomic E-state index is 0.0355. The Hall–Kier alpha value is -1.06. The fourth-order valence-electron chi connectivity index (χ4n) is 16.0. The van der Waals surface area contributed by atoms with Crippen LogP contribution in [0.2, 0.25) is 0 Å². The second-order valence-corrected chi connectivity index (χ2v) is 23.4. The lowest BCUT2D eigenvalue weighted by atomic mass is 9.30. The van der Waals surface area contributed by atoms with Crippen LogP contribution in [0.4, 0.5) is 0 Å². The van der Waals surface area contributed by atoms with Crippen molar-refractivity contribution in [3.63, 3.8) is 0 Å². The average Bonchev–Trinajstić information content (AvgIpc) is 3.43. The molecule has 9 aliphatic rings. The van der Waals surface area contributed by atoms with Crippen molar-refractivity contribution in [2.24, 2.45) is 50.2 Å². The van der Waals surface area contributed by atoms with Gasteiger partial charge in [-0.25, -0.2) is 0 Å². The zero-order valence-electron chi connectivity index (χ0n) is 38.2. The Kier molecular flexibility index (Phi) is 11.7. The predicted octanol–water partition coefficient (Wildman–Crippen LogP) is 1.62. The van der Waals surface area contributed by atoms with Crippen molar-refractivity contribution in [3.05, 3.63) is 12.3 Å². The molecule has 9 fully saturated rings. The number of aliphatic hydroxyl groups is 9. The van der Waals surface area contributed by atoms with Crippen molar-refractivity contribution < 1.29 is 79.1 Å². The molecule has 63 heavy (non-hydrogen) atoms. The summed E-state index contributed by atoms with van der Waals surface area (Å²) in [6.07, 6.45) is -11.2. The maximum Gasteiger partial charge on any atom is 0.187 e. The fourth-order valence-corrected chi connectivity index (χ4v) is 16.0. The Morgan fingerprint density at radius 2 is 1.30 bits per heavy atom. The zero-order valence-corrected chi connectivity index (χ0v) is 38.2. The van der Waals surface area contributed by atoms with E-state index in [1.54, 1.807) is 0 Å². The van der Waals surface area contributed by atoms with Crippen LogP contribution in [0.15, 0.2) is 12.3 Å². The molecule has 9 rings (SSSR count). The number of hydrogen-bond donors (Lipinski definition) is 9. The third kappa shape index (κ3) is 6.61. The zero-order chi connectivity index (χ0) is 45.6. The average molecular weight is 897 g/mol. The fraction of sp³-hybridized carbons (Fsp3) is 0.957. The summed E-state index contributed by atoms with van der Waals surface area (Å²) < 4.78 is 42.9. The molecule has 360 valence electrons. The monoisotopic (exact) mass is 897 g/mol. The van der Waals surface area contributed by atoms with Gasteiger partial charge < -0.3 is 79.1 Å². The van der Waals surface area contributed by atoms with Crippen molar-refractivity contribution in [3.8, 4) is 0 Å².